The molecule has 0 saturated carbocycles. The number of carbonyl (C=O) groups excluding carboxylic acids is 2. The highest BCUT2D eigenvalue weighted by atomic mass is 16.7. The molecule has 1 aromatic carbocycles. The van der Waals surface area contributed by atoms with Crippen molar-refractivity contribution in [1.29, 1.82) is 0 Å². The van der Waals surface area contributed by atoms with E-state index in [9.17, 15) is 19.7 Å². The Morgan fingerprint density at radius 1 is 1.24 bits per heavy atom. The summed E-state index contributed by atoms with van der Waals surface area (Å²) in [5, 5.41) is 9.54. The molecule has 0 atom stereocenters. The van der Waals surface area contributed by atoms with Crippen molar-refractivity contribution in [2.45, 2.75) is 6.42 Å². The number of carbonyl (C=O) groups is 2. The van der Waals surface area contributed by atoms with E-state index in [4.69, 9.17) is 0 Å². The predicted octanol–water partition coefficient (Wildman–Crippen LogP) is 1.02. The summed E-state index contributed by atoms with van der Waals surface area (Å²) in [6, 6.07) is 8.87. The van der Waals surface area contributed by atoms with E-state index in [1.54, 1.807) is 24.3 Å². The zero-order valence-electron chi connectivity index (χ0n) is 8.70. The molecule has 1 aliphatic heterocycles. The fourth-order valence-electron chi connectivity index (χ4n) is 1.59. The lowest BCUT2D eigenvalue weighted by atomic mass is 10.1. The number of benzene rings is 1. The average molecular weight is 232 g/mol. The van der Waals surface area contributed by atoms with Crippen molar-refractivity contribution >= 4 is 17.9 Å². The Balaban J connectivity index is 2.31. The first-order chi connectivity index (χ1) is 8.09. The Hall–Kier alpha value is -2.50. The second-order valence-corrected chi connectivity index (χ2v) is 3.51. The van der Waals surface area contributed by atoms with Gasteiger partial charge < -0.3 is 0 Å². The molecule has 1 aliphatic rings. The SMILES string of the molecule is O=C1CC(=Cc2ccccc2)C(=O)N1[N+](=O)[O-]. The van der Waals surface area contributed by atoms with E-state index in [1.165, 1.54) is 6.08 Å². The summed E-state index contributed by atoms with van der Waals surface area (Å²) >= 11 is 0. The van der Waals surface area contributed by atoms with Gasteiger partial charge in [0.2, 0.25) is 0 Å². The van der Waals surface area contributed by atoms with E-state index in [1.807, 2.05) is 6.07 Å². The number of hydrazine groups is 1. The molecule has 1 fully saturated rings. The van der Waals surface area contributed by atoms with Gasteiger partial charge in [0.15, 0.2) is 5.03 Å². The molecule has 1 saturated heterocycles. The average Bonchev–Trinajstić information content (AvgIpc) is 2.55. The Kier molecular flexibility index (Phi) is 2.70. The van der Waals surface area contributed by atoms with Gasteiger partial charge in [-0.05, 0) is 11.6 Å². The van der Waals surface area contributed by atoms with Crippen molar-refractivity contribution < 1.29 is 14.6 Å². The first-order valence-corrected chi connectivity index (χ1v) is 4.87. The standard InChI is InChI=1S/C11H8N2O4/c14-10-7-9(11(15)12(10)13(16)17)6-8-4-2-1-3-5-8/h1-6H,7H2. The van der Waals surface area contributed by atoms with Crippen LogP contribution in [0.25, 0.3) is 6.08 Å². The Labute approximate surface area is 96.3 Å². The summed E-state index contributed by atoms with van der Waals surface area (Å²) in [4.78, 5) is 33.3. The number of nitro groups is 1. The Bertz CT molecular complexity index is 522. The van der Waals surface area contributed by atoms with Crippen molar-refractivity contribution in [3.05, 3.63) is 51.6 Å². The molecule has 2 amide bonds. The quantitative estimate of drug-likeness (QED) is 0.330. The zero-order valence-corrected chi connectivity index (χ0v) is 8.70. The maximum absolute atomic E-state index is 11.6. The van der Waals surface area contributed by atoms with Crippen LogP contribution in [0.1, 0.15) is 12.0 Å². The molecule has 0 spiro atoms. The third-order valence-electron chi connectivity index (χ3n) is 2.35. The summed E-state index contributed by atoms with van der Waals surface area (Å²) in [5.74, 6) is -1.66. The smallest absolute Gasteiger partial charge is 0.268 e. The third kappa shape index (κ3) is 2.05. The highest BCUT2D eigenvalue weighted by Gasteiger charge is 2.42. The molecule has 1 heterocycles. The van der Waals surface area contributed by atoms with Crippen molar-refractivity contribution in [1.82, 2.24) is 5.01 Å². The first-order valence-electron chi connectivity index (χ1n) is 4.87. The second-order valence-electron chi connectivity index (χ2n) is 3.51. The van der Waals surface area contributed by atoms with Gasteiger partial charge in [-0.15, -0.1) is 0 Å². The van der Waals surface area contributed by atoms with Gasteiger partial charge in [0.25, 0.3) is 5.91 Å². The minimum absolute atomic E-state index is 0.0504. The van der Waals surface area contributed by atoms with E-state index in [-0.39, 0.29) is 17.0 Å². The maximum atomic E-state index is 11.6. The minimum atomic E-state index is -0.990. The van der Waals surface area contributed by atoms with Crippen LogP contribution < -0.4 is 0 Å². The van der Waals surface area contributed by atoms with Gasteiger partial charge in [0.05, 0.1) is 6.42 Å². The van der Waals surface area contributed by atoms with Crippen LogP contribution in [0.2, 0.25) is 0 Å². The number of nitrogens with zero attached hydrogens (tertiary/aromatic N) is 2. The molecule has 6 heteroatoms. The number of rotatable bonds is 2. The van der Waals surface area contributed by atoms with Crippen LogP contribution >= 0.6 is 0 Å². The third-order valence-corrected chi connectivity index (χ3v) is 2.35. The highest BCUT2D eigenvalue weighted by molar-refractivity contribution is 6.14. The number of hydrogen-bond donors (Lipinski definition) is 0. The van der Waals surface area contributed by atoms with Crippen LogP contribution in [0.5, 0.6) is 0 Å². The van der Waals surface area contributed by atoms with Gasteiger partial charge in [-0.1, -0.05) is 30.3 Å². The predicted molar refractivity (Wildman–Crippen MR) is 57.9 cm³/mol. The minimum Gasteiger partial charge on any atom is -0.268 e. The molecule has 17 heavy (non-hydrogen) atoms. The van der Waals surface area contributed by atoms with Crippen molar-refractivity contribution in [3.8, 4) is 0 Å². The van der Waals surface area contributed by atoms with E-state index >= 15 is 0 Å². The van der Waals surface area contributed by atoms with Crippen LogP contribution in [0.15, 0.2) is 35.9 Å². The Morgan fingerprint density at radius 2 is 1.88 bits per heavy atom. The molecule has 2 rings (SSSR count). The molecule has 86 valence electrons. The summed E-state index contributed by atoms with van der Waals surface area (Å²) in [6.07, 6.45) is 1.26. The number of amides is 2. The molecule has 6 nitrogen and oxygen atoms in total. The first kappa shape index (κ1) is 11.0. The topological polar surface area (TPSA) is 80.5 Å². The number of hydrogen-bond acceptors (Lipinski definition) is 4. The van der Waals surface area contributed by atoms with Gasteiger partial charge in [0, 0.05) is 10.6 Å². The van der Waals surface area contributed by atoms with Crippen molar-refractivity contribution in [2.24, 2.45) is 0 Å². The van der Waals surface area contributed by atoms with Crippen LogP contribution in [0.4, 0.5) is 0 Å². The van der Waals surface area contributed by atoms with Gasteiger partial charge in [0.1, 0.15) is 0 Å². The van der Waals surface area contributed by atoms with E-state index in [0.717, 1.165) is 5.56 Å². The highest BCUT2D eigenvalue weighted by Crippen LogP contribution is 2.21. The molecule has 0 bridgehead atoms. The van der Waals surface area contributed by atoms with Gasteiger partial charge in [-0.2, -0.15) is 0 Å². The molecule has 0 aromatic heterocycles. The maximum Gasteiger partial charge on any atom is 0.320 e. The molecular weight excluding hydrogens is 224 g/mol. The second kappa shape index (κ2) is 4.17. The fourth-order valence-corrected chi connectivity index (χ4v) is 1.59. The van der Waals surface area contributed by atoms with Crippen molar-refractivity contribution in [2.75, 3.05) is 0 Å². The fraction of sp³-hybridized carbons (Fsp3) is 0.0909. The molecule has 0 radical (unpaired) electrons. The number of imide groups is 1. The summed E-state index contributed by atoms with van der Waals surface area (Å²) in [5.41, 5.74) is 0.867. The van der Waals surface area contributed by atoms with Crippen LogP contribution in [-0.2, 0) is 9.59 Å². The lowest BCUT2D eigenvalue weighted by molar-refractivity contribution is -0.612. The molecule has 0 aliphatic carbocycles. The summed E-state index contributed by atoms with van der Waals surface area (Å²) < 4.78 is 0. The van der Waals surface area contributed by atoms with E-state index in [0.29, 0.717) is 0 Å². The Morgan fingerprint density at radius 3 is 2.41 bits per heavy atom. The van der Waals surface area contributed by atoms with Crippen LogP contribution in [-0.4, -0.2) is 21.9 Å². The van der Waals surface area contributed by atoms with E-state index in [2.05, 4.69) is 0 Å². The molecule has 1 aromatic rings. The summed E-state index contributed by atoms with van der Waals surface area (Å²) in [6.45, 7) is 0. The van der Waals surface area contributed by atoms with Crippen molar-refractivity contribution in [3.63, 3.8) is 0 Å². The van der Waals surface area contributed by atoms with Gasteiger partial charge >= 0.3 is 5.91 Å². The molecular formula is C11H8N2O4. The van der Waals surface area contributed by atoms with E-state index < -0.39 is 16.8 Å². The molecule has 0 unspecified atom stereocenters. The largest absolute Gasteiger partial charge is 0.320 e. The zero-order chi connectivity index (χ0) is 12.4. The van der Waals surface area contributed by atoms with Crippen LogP contribution in [0.3, 0.4) is 0 Å². The monoisotopic (exact) mass is 232 g/mol. The molecule has 0 N–H and O–H groups in total. The lowest BCUT2D eigenvalue weighted by Gasteiger charge is -1.99. The normalized spacial score (nSPS) is 17.9. The van der Waals surface area contributed by atoms with Gasteiger partial charge in [-0.25, -0.2) is 10.1 Å². The lowest BCUT2D eigenvalue weighted by Crippen LogP contribution is -2.34. The summed E-state index contributed by atoms with van der Waals surface area (Å²) in [7, 11) is 0. The van der Waals surface area contributed by atoms with Crippen LogP contribution in [0, 0.1) is 10.1 Å². The van der Waals surface area contributed by atoms with Gasteiger partial charge in [-0.3, -0.25) is 9.59 Å².